The third-order valence-corrected chi connectivity index (χ3v) is 14.9. The van der Waals surface area contributed by atoms with Crippen LogP contribution in [0.1, 0.15) is 0 Å². The SMILES string of the molecule is [O]C(Br)=C(Br)C(Br)(Br)C(Br)(Br)C(Cl)(Cl)CI. The van der Waals surface area contributed by atoms with Gasteiger partial charge in [0.05, 0.1) is 4.48 Å². The van der Waals surface area contributed by atoms with Gasteiger partial charge in [-0.15, -0.1) is 0 Å². The Bertz CT molecular complexity index is 301. The van der Waals surface area contributed by atoms with Crippen LogP contribution < -0.4 is 0 Å². The fraction of sp³-hybridized carbons (Fsp3) is 0.667. The molecule has 0 bridgehead atoms. The van der Waals surface area contributed by atoms with E-state index in [4.69, 9.17) is 23.2 Å². The lowest BCUT2D eigenvalue weighted by atomic mass is 10.2. The molecule has 95 valence electrons. The van der Waals surface area contributed by atoms with Crippen molar-refractivity contribution in [3.8, 4) is 0 Å². The second-order valence-corrected chi connectivity index (χ2v) is 13.2. The van der Waals surface area contributed by atoms with E-state index in [0.29, 0.717) is 4.43 Å². The monoisotopic (exact) mass is 760 g/mol. The summed E-state index contributed by atoms with van der Waals surface area (Å²) in [4.78, 5) is 0. The highest BCUT2D eigenvalue weighted by molar-refractivity contribution is 14.1. The van der Waals surface area contributed by atoms with Crippen LogP contribution in [0.5, 0.6) is 0 Å². The fourth-order valence-electron chi connectivity index (χ4n) is 0.575. The van der Waals surface area contributed by atoms with Crippen molar-refractivity contribution in [1.29, 1.82) is 0 Å². The van der Waals surface area contributed by atoms with Crippen molar-refractivity contribution in [2.75, 3.05) is 4.43 Å². The Hall–Kier alpha value is 3.73. The van der Waals surface area contributed by atoms with Crippen molar-refractivity contribution in [3.63, 3.8) is 0 Å². The lowest BCUT2D eigenvalue weighted by Crippen LogP contribution is -2.49. The van der Waals surface area contributed by atoms with Crippen molar-refractivity contribution < 1.29 is 5.11 Å². The maximum atomic E-state index is 11.3. The lowest BCUT2D eigenvalue weighted by molar-refractivity contribution is 0.336. The molecule has 0 saturated heterocycles. The molecule has 0 amide bonds. The largest absolute Gasteiger partial charge is 0.281 e. The summed E-state index contributed by atoms with van der Waals surface area (Å²) >= 11 is 33.9. The van der Waals surface area contributed by atoms with Gasteiger partial charge in [0.15, 0.2) is 4.33 Å². The fourth-order valence-corrected chi connectivity index (χ4v) is 6.31. The molecule has 0 aliphatic rings. The van der Waals surface area contributed by atoms with Crippen LogP contribution in [-0.2, 0) is 5.11 Å². The highest BCUT2D eigenvalue weighted by Crippen LogP contribution is 2.63. The topological polar surface area (TPSA) is 19.9 Å². The molecule has 0 heterocycles. The van der Waals surface area contributed by atoms with Crippen LogP contribution in [0, 0.1) is 0 Å². The smallest absolute Gasteiger partial charge is 0.233 e. The van der Waals surface area contributed by atoms with Gasteiger partial charge in [-0.05, 0) is 31.9 Å². The Morgan fingerprint density at radius 2 is 1.50 bits per heavy atom. The highest BCUT2D eigenvalue weighted by atomic mass is 127. The minimum absolute atomic E-state index is 0.282. The number of alkyl halides is 7. The molecule has 0 aromatic rings. The molecule has 10 heteroatoms. The van der Waals surface area contributed by atoms with Gasteiger partial charge in [-0.1, -0.05) is 110 Å². The Morgan fingerprint density at radius 1 is 1.12 bits per heavy atom. The molecule has 0 N–H and O–H groups in total. The molecular formula is C6H2Br6Cl2IO. The van der Waals surface area contributed by atoms with Crippen LogP contribution in [-0.4, -0.2) is 15.2 Å². The summed E-state index contributed by atoms with van der Waals surface area (Å²) in [6, 6.07) is 0. The van der Waals surface area contributed by atoms with Gasteiger partial charge in [0, 0.05) is 4.43 Å². The first-order valence-corrected chi connectivity index (χ1v) is 10.4. The molecular weight excluding hydrogens is 765 g/mol. The Labute approximate surface area is 168 Å². The Kier molecular flexibility index (Phi) is 8.80. The molecule has 0 rings (SSSR count). The number of rotatable bonds is 4. The van der Waals surface area contributed by atoms with E-state index in [-0.39, 0.29) is 9.15 Å². The van der Waals surface area contributed by atoms with Crippen molar-refractivity contribution in [2.24, 2.45) is 0 Å². The van der Waals surface area contributed by atoms with Gasteiger partial charge in [-0.3, -0.25) is 5.11 Å². The second-order valence-electron chi connectivity index (χ2n) is 2.57. The third kappa shape index (κ3) is 4.11. The number of hydrogen-bond acceptors (Lipinski definition) is 0. The number of allylic oxidation sites excluding steroid dienone is 1. The molecule has 16 heavy (non-hydrogen) atoms. The van der Waals surface area contributed by atoms with E-state index in [1.165, 1.54) is 0 Å². The molecule has 0 aliphatic heterocycles. The Morgan fingerprint density at radius 3 is 1.75 bits per heavy atom. The molecule has 0 aliphatic carbocycles. The van der Waals surface area contributed by atoms with Crippen molar-refractivity contribution >= 4 is 141 Å². The average Bonchev–Trinajstić information content (AvgIpc) is 2.15. The van der Waals surface area contributed by atoms with Crippen molar-refractivity contribution in [3.05, 3.63) is 9.15 Å². The molecule has 1 radical (unpaired) electrons. The summed E-state index contributed by atoms with van der Waals surface area (Å²) in [5.41, 5.74) is 0. The molecule has 0 unspecified atom stereocenters. The van der Waals surface area contributed by atoms with Gasteiger partial charge in [0.1, 0.15) is 6.47 Å². The van der Waals surface area contributed by atoms with E-state index < -0.39 is 10.8 Å². The predicted molar refractivity (Wildman–Crippen MR) is 100 cm³/mol. The minimum Gasteiger partial charge on any atom is -0.281 e. The van der Waals surface area contributed by atoms with Gasteiger partial charge >= 0.3 is 0 Å². The van der Waals surface area contributed by atoms with Crippen molar-refractivity contribution in [2.45, 2.75) is 10.8 Å². The molecule has 0 aromatic carbocycles. The standard InChI is InChI=1S/C6H2Br6Cl2IO/c7-2(3(8)16)5(9,10)6(11,12)4(13,14)1-15/h1H2. The summed E-state index contributed by atoms with van der Waals surface area (Å²) in [5, 5.41) is 11.3. The van der Waals surface area contributed by atoms with Crippen LogP contribution in [0.4, 0.5) is 0 Å². The second kappa shape index (κ2) is 7.13. The maximum Gasteiger partial charge on any atom is 0.233 e. The van der Waals surface area contributed by atoms with E-state index in [0.717, 1.165) is 0 Å². The van der Waals surface area contributed by atoms with Crippen LogP contribution in [0.3, 0.4) is 0 Å². The zero-order valence-electron chi connectivity index (χ0n) is 7.02. The van der Waals surface area contributed by atoms with Gasteiger partial charge in [0.2, 0.25) is 4.67 Å². The molecule has 0 saturated carbocycles. The molecule has 0 fully saturated rings. The predicted octanol–water partition coefficient (Wildman–Crippen LogP) is 6.96. The minimum atomic E-state index is -1.16. The van der Waals surface area contributed by atoms with E-state index in [9.17, 15) is 5.11 Å². The van der Waals surface area contributed by atoms with Crippen LogP contribution in [0.15, 0.2) is 9.15 Å². The van der Waals surface area contributed by atoms with Crippen LogP contribution in [0.25, 0.3) is 0 Å². The van der Waals surface area contributed by atoms with Gasteiger partial charge in [-0.25, -0.2) is 0 Å². The first-order chi connectivity index (χ1) is 6.91. The number of hydrogen-bond donors (Lipinski definition) is 0. The molecule has 0 spiro atoms. The number of halogens is 9. The van der Waals surface area contributed by atoms with E-state index in [1.54, 1.807) is 0 Å². The summed E-state index contributed by atoms with van der Waals surface area (Å²) in [7, 11) is 0. The van der Waals surface area contributed by atoms with Crippen LogP contribution in [0.2, 0.25) is 0 Å². The zero-order valence-corrected chi connectivity index (χ0v) is 20.2. The van der Waals surface area contributed by atoms with Gasteiger partial charge in [0.25, 0.3) is 0 Å². The zero-order chi connectivity index (χ0) is 13.4. The normalized spacial score (nSPS) is 16.1. The summed E-state index contributed by atoms with van der Waals surface area (Å²) in [5.74, 6) is 0. The molecule has 0 aromatic heterocycles. The first kappa shape index (κ1) is 19.7. The third-order valence-electron chi connectivity index (χ3n) is 1.47. The van der Waals surface area contributed by atoms with Crippen LogP contribution >= 0.6 is 141 Å². The molecule has 0 atom stereocenters. The van der Waals surface area contributed by atoms with Crippen molar-refractivity contribution in [1.82, 2.24) is 0 Å². The maximum absolute atomic E-state index is 11.3. The van der Waals surface area contributed by atoms with E-state index in [1.807, 2.05) is 22.6 Å². The molecule has 1 nitrogen and oxygen atoms in total. The average molecular weight is 767 g/mol. The lowest BCUT2D eigenvalue weighted by Gasteiger charge is -2.41. The quantitative estimate of drug-likeness (QED) is 0.168. The summed E-state index contributed by atoms with van der Waals surface area (Å²) in [6.45, 7) is 0. The highest BCUT2D eigenvalue weighted by Gasteiger charge is 2.60. The summed E-state index contributed by atoms with van der Waals surface area (Å²) < 4.78 is -2.80. The van der Waals surface area contributed by atoms with Gasteiger partial charge in [-0.2, -0.15) is 0 Å². The first-order valence-electron chi connectivity index (χ1n) is 3.34. The van der Waals surface area contributed by atoms with E-state index in [2.05, 4.69) is 95.6 Å². The summed E-state index contributed by atoms with van der Waals surface area (Å²) in [6.07, 6.45) is 0. The Balaban J connectivity index is 5.56. The van der Waals surface area contributed by atoms with Gasteiger partial charge < -0.3 is 0 Å². The van der Waals surface area contributed by atoms with E-state index >= 15 is 0 Å².